The van der Waals surface area contributed by atoms with Crippen LogP contribution in [0.3, 0.4) is 0 Å². The highest BCUT2D eigenvalue weighted by atomic mass is 79.9. The molecule has 0 amide bonds. The molecule has 20 heavy (non-hydrogen) atoms. The van der Waals surface area contributed by atoms with E-state index in [9.17, 15) is 0 Å². The first-order valence-corrected chi connectivity index (χ1v) is 7.26. The fraction of sp³-hybridized carbons (Fsp3) is 0.250. The Labute approximate surface area is 127 Å². The van der Waals surface area contributed by atoms with Crippen molar-refractivity contribution >= 4 is 15.9 Å². The van der Waals surface area contributed by atoms with Crippen LogP contribution in [0.15, 0.2) is 46.9 Å². The summed E-state index contributed by atoms with van der Waals surface area (Å²) < 4.78 is 11.9. The second-order valence-corrected chi connectivity index (χ2v) is 5.29. The van der Waals surface area contributed by atoms with Crippen LogP contribution < -0.4 is 15.2 Å². The lowest BCUT2D eigenvalue weighted by Crippen LogP contribution is -2.03. The van der Waals surface area contributed by atoms with Crippen molar-refractivity contribution in [3.63, 3.8) is 0 Å². The summed E-state index contributed by atoms with van der Waals surface area (Å²) in [6, 6.07) is 13.9. The molecule has 0 saturated carbocycles. The number of rotatable bonds is 6. The molecule has 0 saturated heterocycles. The lowest BCUT2D eigenvalue weighted by molar-refractivity contribution is 0.304. The Morgan fingerprint density at radius 1 is 1.05 bits per heavy atom. The standard InChI is InChI=1S/C16H18BrNO2/c1-19-14-5-2-13(3-6-14)11-20-16-7-4-12(8-9-18)10-15(16)17/h2-7,10H,8-9,11,18H2,1H3. The fourth-order valence-electron chi connectivity index (χ4n) is 1.87. The van der Waals surface area contributed by atoms with Gasteiger partial charge in [-0.1, -0.05) is 18.2 Å². The van der Waals surface area contributed by atoms with Gasteiger partial charge in [0.05, 0.1) is 11.6 Å². The predicted molar refractivity (Wildman–Crippen MR) is 84.2 cm³/mol. The summed E-state index contributed by atoms with van der Waals surface area (Å²) in [5.41, 5.74) is 7.86. The van der Waals surface area contributed by atoms with Crippen LogP contribution in [-0.4, -0.2) is 13.7 Å². The molecule has 2 N–H and O–H groups in total. The van der Waals surface area contributed by atoms with Gasteiger partial charge in [-0.25, -0.2) is 0 Å². The zero-order valence-corrected chi connectivity index (χ0v) is 13.0. The molecule has 0 heterocycles. The largest absolute Gasteiger partial charge is 0.497 e. The van der Waals surface area contributed by atoms with Gasteiger partial charge in [0.2, 0.25) is 0 Å². The van der Waals surface area contributed by atoms with Crippen LogP contribution in [0.1, 0.15) is 11.1 Å². The molecule has 0 unspecified atom stereocenters. The maximum absolute atomic E-state index is 5.81. The normalized spacial score (nSPS) is 10.3. The maximum Gasteiger partial charge on any atom is 0.134 e. The number of nitrogens with two attached hydrogens (primary N) is 1. The number of hydrogen-bond acceptors (Lipinski definition) is 3. The molecule has 0 aliphatic carbocycles. The summed E-state index contributed by atoms with van der Waals surface area (Å²) >= 11 is 3.53. The molecule has 0 aliphatic rings. The lowest BCUT2D eigenvalue weighted by Gasteiger charge is -2.10. The third-order valence-corrected chi connectivity index (χ3v) is 3.60. The molecular formula is C16H18BrNO2. The minimum atomic E-state index is 0.527. The van der Waals surface area contributed by atoms with E-state index in [0.29, 0.717) is 13.2 Å². The van der Waals surface area contributed by atoms with Gasteiger partial charge in [-0.15, -0.1) is 0 Å². The van der Waals surface area contributed by atoms with Gasteiger partial charge in [0.15, 0.2) is 0 Å². The molecule has 106 valence electrons. The van der Waals surface area contributed by atoms with Gasteiger partial charge in [0.1, 0.15) is 18.1 Å². The van der Waals surface area contributed by atoms with Gasteiger partial charge in [-0.2, -0.15) is 0 Å². The van der Waals surface area contributed by atoms with Gasteiger partial charge in [-0.3, -0.25) is 0 Å². The van der Waals surface area contributed by atoms with Crippen LogP contribution in [0.4, 0.5) is 0 Å². The third-order valence-electron chi connectivity index (χ3n) is 2.98. The van der Waals surface area contributed by atoms with Crippen LogP contribution in [0, 0.1) is 0 Å². The van der Waals surface area contributed by atoms with E-state index in [0.717, 1.165) is 28.0 Å². The van der Waals surface area contributed by atoms with Crippen LogP contribution in [0.5, 0.6) is 11.5 Å². The quantitative estimate of drug-likeness (QED) is 0.878. The van der Waals surface area contributed by atoms with E-state index < -0.39 is 0 Å². The van der Waals surface area contributed by atoms with Crippen LogP contribution in [-0.2, 0) is 13.0 Å². The summed E-state index contributed by atoms with van der Waals surface area (Å²) in [5.74, 6) is 1.68. The molecule has 2 aromatic carbocycles. The first-order chi connectivity index (χ1) is 9.72. The van der Waals surface area contributed by atoms with E-state index in [1.165, 1.54) is 5.56 Å². The van der Waals surface area contributed by atoms with E-state index in [-0.39, 0.29) is 0 Å². The summed E-state index contributed by atoms with van der Waals surface area (Å²) in [7, 11) is 1.66. The van der Waals surface area contributed by atoms with Crippen molar-refractivity contribution < 1.29 is 9.47 Å². The fourth-order valence-corrected chi connectivity index (χ4v) is 2.41. The molecule has 0 atom stereocenters. The average Bonchev–Trinajstić information content (AvgIpc) is 2.47. The van der Waals surface area contributed by atoms with Gasteiger partial charge >= 0.3 is 0 Å². The number of hydrogen-bond donors (Lipinski definition) is 1. The van der Waals surface area contributed by atoms with Crippen molar-refractivity contribution in [2.45, 2.75) is 13.0 Å². The zero-order chi connectivity index (χ0) is 14.4. The number of halogens is 1. The summed E-state index contributed by atoms with van der Waals surface area (Å²) in [5, 5.41) is 0. The molecule has 0 spiro atoms. The van der Waals surface area contributed by atoms with Crippen molar-refractivity contribution in [2.75, 3.05) is 13.7 Å². The smallest absolute Gasteiger partial charge is 0.134 e. The highest BCUT2D eigenvalue weighted by molar-refractivity contribution is 9.10. The van der Waals surface area contributed by atoms with Gasteiger partial charge in [-0.05, 0) is 64.3 Å². The highest BCUT2D eigenvalue weighted by Gasteiger charge is 2.03. The molecule has 4 heteroatoms. The van der Waals surface area contributed by atoms with Crippen molar-refractivity contribution in [1.29, 1.82) is 0 Å². The monoisotopic (exact) mass is 335 g/mol. The van der Waals surface area contributed by atoms with Gasteiger partial charge < -0.3 is 15.2 Å². The average molecular weight is 336 g/mol. The molecule has 0 aliphatic heterocycles. The summed E-state index contributed by atoms with van der Waals surface area (Å²) in [6.45, 7) is 1.18. The first-order valence-electron chi connectivity index (χ1n) is 6.47. The number of benzene rings is 2. The first kappa shape index (κ1) is 14.9. The molecular weight excluding hydrogens is 318 g/mol. The van der Waals surface area contributed by atoms with Crippen molar-refractivity contribution in [3.05, 3.63) is 58.1 Å². The van der Waals surface area contributed by atoms with Gasteiger partial charge in [0.25, 0.3) is 0 Å². The van der Waals surface area contributed by atoms with Crippen LogP contribution in [0.2, 0.25) is 0 Å². The SMILES string of the molecule is COc1ccc(COc2ccc(CCN)cc2Br)cc1. The Morgan fingerprint density at radius 2 is 1.75 bits per heavy atom. The third kappa shape index (κ3) is 3.99. The molecule has 3 nitrogen and oxygen atoms in total. The molecule has 0 radical (unpaired) electrons. The molecule has 0 bridgehead atoms. The maximum atomic E-state index is 5.81. The van der Waals surface area contributed by atoms with E-state index in [4.69, 9.17) is 15.2 Å². The highest BCUT2D eigenvalue weighted by Crippen LogP contribution is 2.27. The van der Waals surface area contributed by atoms with E-state index in [1.54, 1.807) is 7.11 Å². The second-order valence-electron chi connectivity index (χ2n) is 4.44. The Kier molecular flexibility index (Phi) is 5.44. The van der Waals surface area contributed by atoms with Crippen LogP contribution >= 0.6 is 15.9 Å². The Bertz CT molecular complexity index is 555. The lowest BCUT2D eigenvalue weighted by atomic mass is 10.1. The van der Waals surface area contributed by atoms with Gasteiger partial charge in [0, 0.05) is 0 Å². The Balaban J connectivity index is 1.99. The number of ether oxygens (including phenoxy) is 2. The van der Waals surface area contributed by atoms with E-state index >= 15 is 0 Å². The molecule has 2 rings (SSSR count). The summed E-state index contributed by atoms with van der Waals surface area (Å²) in [4.78, 5) is 0. The molecule has 0 aromatic heterocycles. The molecule has 0 fully saturated rings. The molecule has 2 aromatic rings. The summed E-state index contributed by atoms with van der Waals surface area (Å²) in [6.07, 6.45) is 0.872. The van der Waals surface area contributed by atoms with Crippen LogP contribution in [0.25, 0.3) is 0 Å². The van der Waals surface area contributed by atoms with Crippen molar-refractivity contribution in [2.24, 2.45) is 5.73 Å². The Morgan fingerprint density at radius 3 is 2.35 bits per heavy atom. The van der Waals surface area contributed by atoms with E-state index in [1.807, 2.05) is 36.4 Å². The number of methoxy groups -OCH3 is 1. The second kappa shape index (κ2) is 7.31. The van der Waals surface area contributed by atoms with Crippen molar-refractivity contribution in [3.8, 4) is 11.5 Å². The topological polar surface area (TPSA) is 44.5 Å². The van der Waals surface area contributed by atoms with E-state index in [2.05, 4.69) is 22.0 Å². The Hall–Kier alpha value is -1.52. The predicted octanol–water partition coefficient (Wildman–Crippen LogP) is 3.54. The minimum Gasteiger partial charge on any atom is -0.497 e. The van der Waals surface area contributed by atoms with Crippen molar-refractivity contribution in [1.82, 2.24) is 0 Å². The zero-order valence-electron chi connectivity index (χ0n) is 11.4. The minimum absolute atomic E-state index is 0.527.